The molecule has 0 atom stereocenters. The number of pyridine rings is 2. The molecule has 2 aromatic carbocycles. The van der Waals surface area contributed by atoms with E-state index in [1.54, 1.807) is 11.7 Å². The molecule has 1 amide bonds. The van der Waals surface area contributed by atoms with Crippen LogP contribution in [0.2, 0.25) is 0 Å². The van der Waals surface area contributed by atoms with Crippen molar-refractivity contribution in [2.75, 3.05) is 33.3 Å². The van der Waals surface area contributed by atoms with Crippen LogP contribution in [0.15, 0.2) is 91.3 Å². The summed E-state index contributed by atoms with van der Waals surface area (Å²) in [5.74, 6) is 13.0. The highest BCUT2D eigenvalue weighted by Gasteiger charge is 2.16. The molecule has 3 aromatic heterocycles. The standard InChI is InChI=1S/C22H26N2O2.C18H15N5O/c1-18-8-11-22(21(23-18)10-9-19-6-3-2-4-7-19)26-17-5-14-24-15-12-20(25)13-16-24;1-13-5-3-7-15(21-13)10-9-14-6-4-8-16(11-14)23-12-20-17(22-23)18(24)19-2/h2-4,6-8,11,20,25H,5,12-17H2,1H3;3-8,11-12H,1-2H3,(H,19,24). The Morgan fingerprint density at radius 2 is 1.62 bits per heavy atom. The molecular formula is C40H41N7O3. The number of aryl methyl sites for hydroxylation is 2. The fraction of sp³-hybridized carbons (Fsp3) is 0.275. The minimum Gasteiger partial charge on any atom is -0.491 e. The van der Waals surface area contributed by atoms with Crippen molar-refractivity contribution in [3.8, 4) is 35.1 Å². The van der Waals surface area contributed by atoms with Gasteiger partial charge in [0.2, 0.25) is 5.82 Å². The summed E-state index contributed by atoms with van der Waals surface area (Å²) in [5.41, 5.74) is 5.85. The number of likely N-dealkylation sites (tertiary alicyclic amines) is 1. The minimum absolute atomic E-state index is 0.119. The van der Waals surface area contributed by atoms with Gasteiger partial charge < -0.3 is 20.1 Å². The Kier molecular flexibility index (Phi) is 12.8. The quantitative estimate of drug-likeness (QED) is 0.189. The first-order chi connectivity index (χ1) is 24.4. The predicted molar refractivity (Wildman–Crippen MR) is 193 cm³/mol. The summed E-state index contributed by atoms with van der Waals surface area (Å²) in [4.78, 5) is 26.8. The van der Waals surface area contributed by atoms with Gasteiger partial charge in [-0.3, -0.25) is 4.79 Å². The Morgan fingerprint density at radius 1 is 0.880 bits per heavy atom. The van der Waals surface area contributed by atoms with Crippen LogP contribution < -0.4 is 10.1 Å². The van der Waals surface area contributed by atoms with Crippen LogP contribution in [0.3, 0.4) is 0 Å². The highest BCUT2D eigenvalue weighted by molar-refractivity contribution is 5.89. The molecule has 0 spiro atoms. The zero-order valence-electron chi connectivity index (χ0n) is 28.6. The monoisotopic (exact) mass is 667 g/mol. The van der Waals surface area contributed by atoms with Crippen molar-refractivity contribution in [1.29, 1.82) is 0 Å². The highest BCUT2D eigenvalue weighted by Crippen LogP contribution is 2.17. The number of ether oxygens (including phenoxy) is 1. The second-order valence-corrected chi connectivity index (χ2v) is 11.7. The number of nitrogens with one attached hydrogen (secondary N) is 1. The topological polar surface area (TPSA) is 118 Å². The van der Waals surface area contributed by atoms with E-state index < -0.39 is 0 Å². The molecule has 0 unspecified atom stereocenters. The first-order valence-corrected chi connectivity index (χ1v) is 16.6. The van der Waals surface area contributed by atoms with Gasteiger partial charge in [0.15, 0.2) is 11.4 Å². The lowest BCUT2D eigenvalue weighted by molar-refractivity contribution is 0.0800. The molecule has 0 saturated carbocycles. The average molecular weight is 668 g/mol. The molecule has 0 bridgehead atoms. The molecule has 1 aliphatic rings. The van der Waals surface area contributed by atoms with Crippen molar-refractivity contribution < 1.29 is 14.6 Å². The number of nitrogens with zero attached hydrogens (tertiary/aromatic N) is 6. The van der Waals surface area contributed by atoms with E-state index in [0.29, 0.717) is 12.3 Å². The number of hydrogen-bond donors (Lipinski definition) is 2. The molecule has 2 N–H and O–H groups in total. The van der Waals surface area contributed by atoms with Gasteiger partial charge >= 0.3 is 0 Å². The van der Waals surface area contributed by atoms with Gasteiger partial charge in [-0.25, -0.2) is 19.6 Å². The molecule has 5 aromatic rings. The lowest BCUT2D eigenvalue weighted by atomic mass is 10.1. The van der Waals surface area contributed by atoms with Gasteiger partial charge in [-0.2, -0.15) is 0 Å². The highest BCUT2D eigenvalue weighted by atomic mass is 16.5. The van der Waals surface area contributed by atoms with Crippen LogP contribution >= 0.6 is 0 Å². The lowest BCUT2D eigenvalue weighted by Crippen LogP contribution is -2.36. The maximum atomic E-state index is 11.5. The fourth-order valence-electron chi connectivity index (χ4n) is 5.09. The van der Waals surface area contributed by atoms with Crippen LogP contribution in [0, 0.1) is 37.5 Å². The molecule has 1 fully saturated rings. The predicted octanol–water partition coefficient (Wildman–Crippen LogP) is 4.75. The molecule has 10 nitrogen and oxygen atoms in total. The molecule has 0 aliphatic carbocycles. The molecule has 0 radical (unpaired) electrons. The van der Waals surface area contributed by atoms with Crippen LogP contribution in [0.4, 0.5) is 0 Å². The van der Waals surface area contributed by atoms with E-state index in [4.69, 9.17) is 4.74 Å². The number of aromatic nitrogens is 5. The summed E-state index contributed by atoms with van der Waals surface area (Å²) in [7, 11) is 1.54. The summed E-state index contributed by atoms with van der Waals surface area (Å²) < 4.78 is 7.49. The zero-order valence-corrected chi connectivity index (χ0v) is 28.6. The van der Waals surface area contributed by atoms with Crippen molar-refractivity contribution in [2.24, 2.45) is 0 Å². The number of benzene rings is 2. The van der Waals surface area contributed by atoms with Crippen molar-refractivity contribution in [3.05, 3.63) is 131 Å². The SMILES string of the molecule is CNC(=O)c1ncn(-c2cccc(C#Cc3cccc(C)n3)c2)n1.Cc1ccc(OCCCN2CCC(O)CC2)c(C#Cc2ccccc2)n1. The molecule has 1 saturated heterocycles. The summed E-state index contributed by atoms with van der Waals surface area (Å²) >= 11 is 0. The maximum absolute atomic E-state index is 11.5. The Hall–Kier alpha value is -5.81. The third-order valence-corrected chi connectivity index (χ3v) is 7.79. The van der Waals surface area contributed by atoms with Crippen molar-refractivity contribution in [3.63, 3.8) is 0 Å². The average Bonchev–Trinajstić information content (AvgIpc) is 3.64. The van der Waals surface area contributed by atoms with E-state index in [1.807, 2.05) is 98.8 Å². The largest absolute Gasteiger partial charge is 0.491 e. The second kappa shape index (κ2) is 18.1. The van der Waals surface area contributed by atoms with Crippen molar-refractivity contribution in [1.82, 2.24) is 34.9 Å². The van der Waals surface area contributed by atoms with Gasteiger partial charge in [-0.05, 0) is 99.5 Å². The minimum atomic E-state index is -0.324. The third-order valence-electron chi connectivity index (χ3n) is 7.79. The lowest BCUT2D eigenvalue weighted by Gasteiger charge is -2.29. The number of carbonyl (C=O) groups excluding carboxylic acids is 1. The molecule has 10 heteroatoms. The van der Waals surface area contributed by atoms with Crippen LogP contribution in [-0.2, 0) is 0 Å². The molecule has 1 aliphatic heterocycles. The first kappa shape index (κ1) is 35.5. The van der Waals surface area contributed by atoms with Gasteiger partial charge in [0.25, 0.3) is 5.91 Å². The van der Waals surface area contributed by atoms with E-state index in [-0.39, 0.29) is 17.8 Å². The van der Waals surface area contributed by atoms with E-state index in [1.165, 1.54) is 6.33 Å². The maximum Gasteiger partial charge on any atom is 0.290 e. The van der Waals surface area contributed by atoms with Crippen LogP contribution in [0.5, 0.6) is 5.75 Å². The van der Waals surface area contributed by atoms with E-state index in [9.17, 15) is 9.90 Å². The first-order valence-electron chi connectivity index (χ1n) is 16.6. The Bertz CT molecular complexity index is 2000. The molecule has 254 valence electrons. The molecule has 4 heterocycles. The Labute approximate surface area is 293 Å². The van der Waals surface area contributed by atoms with Crippen LogP contribution in [0.1, 0.15) is 63.8 Å². The molecular weight excluding hydrogens is 626 g/mol. The summed E-state index contributed by atoms with van der Waals surface area (Å²) in [5, 5.41) is 16.2. The van der Waals surface area contributed by atoms with Crippen LogP contribution in [0.25, 0.3) is 5.69 Å². The summed E-state index contributed by atoms with van der Waals surface area (Å²) in [6.07, 6.45) is 4.09. The summed E-state index contributed by atoms with van der Waals surface area (Å²) in [6.45, 7) is 7.48. The Balaban J connectivity index is 0.000000195. The number of aliphatic hydroxyl groups excluding tert-OH is 1. The summed E-state index contributed by atoms with van der Waals surface area (Å²) in [6, 6.07) is 27.1. The van der Waals surface area contributed by atoms with E-state index in [0.717, 1.165) is 78.5 Å². The van der Waals surface area contributed by atoms with E-state index in [2.05, 4.69) is 53.9 Å². The number of aliphatic hydroxyl groups is 1. The van der Waals surface area contributed by atoms with Gasteiger partial charge in [-0.1, -0.05) is 42.2 Å². The number of amides is 1. The van der Waals surface area contributed by atoms with E-state index >= 15 is 0 Å². The fourth-order valence-corrected chi connectivity index (χ4v) is 5.09. The number of piperidine rings is 1. The molecule has 50 heavy (non-hydrogen) atoms. The number of hydrogen-bond acceptors (Lipinski definition) is 8. The van der Waals surface area contributed by atoms with Gasteiger partial charge in [0.1, 0.15) is 12.0 Å². The van der Waals surface area contributed by atoms with Gasteiger partial charge in [-0.15, -0.1) is 5.10 Å². The zero-order chi connectivity index (χ0) is 35.1. The van der Waals surface area contributed by atoms with Gasteiger partial charge in [0.05, 0.1) is 18.4 Å². The Morgan fingerprint density at radius 3 is 2.40 bits per heavy atom. The number of rotatable bonds is 7. The van der Waals surface area contributed by atoms with Gasteiger partial charge in [0, 0.05) is 49.2 Å². The molecule has 6 rings (SSSR count). The van der Waals surface area contributed by atoms with Crippen molar-refractivity contribution >= 4 is 5.91 Å². The second-order valence-electron chi connectivity index (χ2n) is 11.7. The normalized spacial score (nSPS) is 12.7. The number of carbonyl (C=O) groups is 1. The third kappa shape index (κ3) is 10.9. The van der Waals surface area contributed by atoms with Crippen molar-refractivity contribution in [2.45, 2.75) is 39.2 Å². The van der Waals surface area contributed by atoms with Crippen LogP contribution in [-0.4, -0.2) is 80.0 Å². The smallest absolute Gasteiger partial charge is 0.290 e.